The number of amides is 2. The average molecular weight is 269 g/mol. The number of alkyl halides is 1. The Labute approximate surface area is 112 Å². The Kier molecular flexibility index (Phi) is 4.73. The summed E-state index contributed by atoms with van der Waals surface area (Å²) >= 11 is 5.74. The van der Waals surface area contributed by atoms with Gasteiger partial charge in [0.25, 0.3) is 0 Å². The van der Waals surface area contributed by atoms with Crippen molar-refractivity contribution < 1.29 is 9.59 Å². The molecule has 0 atom stereocenters. The molecule has 0 radical (unpaired) electrons. The molecule has 0 aromatic heterocycles. The normalized spacial score (nSPS) is 10.9. The number of carbonyl (C=O) groups excluding carboxylic acids is 2. The summed E-state index contributed by atoms with van der Waals surface area (Å²) in [5, 5.41) is 5.43. The van der Waals surface area contributed by atoms with E-state index in [2.05, 4.69) is 10.6 Å². The second kappa shape index (κ2) is 5.87. The van der Waals surface area contributed by atoms with Crippen LogP contribution >= 0.6 is 11.6 Å². The molecule has 2 N–H and O–H groups in total. The minimum absolute atomic E-state index is 0.153. The molecular formula is C13H17ClN2O2. The Morgan fingerprint density at radius 2 is 1.78 bits per heavy atom. The highest BCUT2D eigenvalue weighted by Gasteiger charge is 2.26. The number of halogens is 1. The first-order valence-electron chi connectivity index (χ1n) is 5.60. The van der Waals surface area contributed by atoms with Gasteiger partial charge in [-0.15, -0.1) is 11.6 Å². The van der Waals surface area contributed by atoms with Gasteiger partial charge >= 0.3 is 0 Å². The van der Waals surface area contributed by atoms with Crippen molar-refractivity contribution in [1.82, 2.24) is 0 Å². The van der Waals surface area contributed by atoms with Crippen LogP contribution in [0.4, 0.5) is 11.4 Å². The van der Waals surface area contributed by atoms with E-state index in [9.17, 15) is 9.59 Å². The molecule has 0 saturated heterocycles. The monoisotopic (exact) mass is 268 g/mol. The van der Waals surface area contributed by atoms with Crippen LogP contribution in [0, 0.1) is 5.41 Å². The topological polar surface area (TPSA) is 58.2 Å². The highest BCUT2D eigenvalue weighted by molar-refractivity contribution is 6.20. The molecule has 1 aromatic rings. The van der Waals surface area contributed by atoms with Gasteiger partial charge in [-0.05, 0) is 32.0 Å². The molecule has 0 spiro atoms. The summed E-state index contributed by atoms with van der Waals surface area (Å²) in [7, 11) is 0. The molecule has 0 saturated carbocycles. The zero-order chi connectivity index (χ0) is 13.8. The van der Waals surface area contributed by atoms with Crippen molar-refractivity contribution >= 4 is 34.8 Å². The van der Waals surface area contributed by atoms with Gasteiger partial charge in [0.2, 0.25) is 11.8 Å². The van der Waals surface area contributed by atoms with E-state index in [1.54, 1.807) is 38.1 Å². The third kappa shape index (κ3) is 4.04. The number of hydrogen-bond acceptors (Lipinski definition) is 2. The first-order chi connectivity index (χ1) is 8.35. The maximum atomic E-state index is 11.9. The molecular weight excluding hydrogens is 252 g/mol. The van der Waals surface area contributed by atoms with Gasteiger partial charge in [0.05, 0.1) is 5.41 Å². The largest absolute Gasteiger partial charge is 0.326 e. The number of benzene rings is 1. The Morgan fingerprint density at radius 1 is 1.22 bits per heavy atom. The standard InChI is InChI=1S/C13H17ClN2O2/c1-9(17)15-10-5-4-6-11(7-10)16-12(18)13(2,3)8-14/h4-7H,8H2,1-3H3,(H,15,17)(H,16,18). The fourth-order valence-electron chi connectivity index (χ4n) is 1.24. The smallest absolute Gasteiger partial charge is 0.231 e. The number of nitrogens with one attached hydrogen (secondary N) is 2. The van der Waals surface area contributed by atoms with E-state index in [-0.39, 0.29) is 17.7 Å². The van der Waals surface area contributed by atoms with Gasteiger partial charge in [0.1, 0.15) is 0 Å². The van der Waals surface area contributed by atoms with Crippen LogP contribution in [0.25, 0.3) is 0 Å². The summed E-state index contributed by atoms with van der Waals surface area (Å²) in [6.07, 6.45) is 0. The van der Waals surface area contributed by atoms with E-state index in [1.807, 2.05) is 0 Å². The Morgan fingerprint density at radius 3 is 2.28 bits per heavy atom. The third-order valence-corrected chi connectivity index (χ3v) is 3.06. The van der Waals surface area contributed by atoms with Gasteiger partial charge in [-0.2, -0.15) is 0 Å². The maximum absolute atomic E-state index is 11.9. The van der Waals surface area contributed by atoms with Crippen LogP contribution in [0.1, 0.15) is 20.8 Å². The second-order valence-electron chi connectivity index (χ2n) is 4.73. The zero-order valence-electron chi connectivity index (χ0n) is 10.7. The molecule has 0 bridgehead atoms. The molecule has 2 amide bonds. The number of hydrogen-bond donors (Lipinski definition) is 2. The third-order valence-electron chi connectivity index (χ3n) is 2.39. The lowest BCUT2D eigenvalue weighted by Gasteiger charge is -2.20. The summed E-state index contributed by atoms with van der Waals surface area (Å²) in [5.41, 5.74) is 0.638. The predicted octanol–water partition coefficient (Wildman–Crippen LogP) is 2.85. The molecule has 98 valence electrons. The molecule has 0 fully saturated rings. The molecule has 5 heteroatoms. The predicted molar refractivity (Wildman–Crippen MR) is 73.9 cm³/mol. The number of anilines is 2. The van der Waals surface area contributed by atoms with Crippen LogP contribution in [-0.4, -0.2) is 17.7 Å². The van der Waals surface area contributed by atoms with Crippen molar-refractivity contribution in [2.24, 2.45) is 5.41 Å². The quantitative estimate of drug-likeness (QED) is 0.825. The number of carbonyl (C=O) groups is 2. The average Bonchev–Trinajstić information content (AvgIpc) is 2.28. The van der Waals surface area contributed by atoms with E-state index in [1.165, 1.54) is 6.92 Å². The van der Waals surface area contributed by atoms with Crippen LogP contribution in [0.2, 0.25) is 0 Å². The van der Waals surface area contributed by atoms with E-state index < -0.39 is 5.41 Å². The van der Waals surface area contributed by atoms with E-state index in [4.69, 9.17) is 11.6 Å². The molecule has 1 aromatic carbocycles. The summed E-state index contributed by atoms with van der Waals surface area (Å²) in [4.78, 5) is 22.9. The van der Waals surface area contributed by atoms with Crippen molar-refractivity contribution in [3.63, 3.8) is 0 Å². The Balaban J connectivity index is 2.79. The fourth-order valence-corrected chi connectivity index (χ4v) is 1.36. The first-order valence-corrected chi connectivity index (χ1v) is 6.13. The van der Waals surface area contributed by atoms with Crippen molar-refractivity contribution in [2.45, 2.75) is 20.8 Å². The van der Waals surface area contributed by atoms with E-state index >= 15 is 0 Å². The highest BCUT2D eigenvalue weighted by atomic mass is 35.5. The van der Waals surface area contributed by atoms with Gasteiger partial charge in [-0.25, -0.2) is 0 Å². The minimum atomic E-state index is -0.633. The molecule has 1 rings (SSSR count). The van der Waals surface area contributed by atoms with Gasteiger partial charge in [-0.1, -0.05) is 6.07 Å². The van der Waals surface area contributed by atoms with Crippen LogP contribution in [-0.2, 0) is 9.59 Å². The van der Waals surface area contributed by atoms with E-state index in [0.717, 1.165) is 0 Å². The van der Waals surface area contributed by atoms with Crippen LogP contribution in [0.15, 0.2) is 24.3 Å². The molecule has 0 aliphatic rings. The lowest BCUT2D eigenvalue weighted by molar-refractivity contribution is -0.123. The lowest BCUT2D eigenvalue weighted by Crippen LogP contribution is -2.32. The van der Waals surface area contributed by atoms with Crippen molar-refractivity contribution in [3.8, 4) is 0 Å². The fraction of sp³-hybridized carbons (Fsp3) is 0.385. The van der Waals surface area contributed by atoms with Gasteiger partial charge in [-0.3, -0.25) is 9.59 Å². The van der Waals surface area contributed by atoms with Gasteiger partial charge in [0, 0.05) is 24.2 Å². The van der Waals surface area contributed by atoms with Crippen molar-refractivity contribution in [1.29, 1.82) is 0 Å². The molecule has 18 heavy (non-hydrogen) atoms. The summed E-state index contributed by atoms with van der Waals surface area (Å²) in [6.45, 7) is 4.97. The molecule has 0 aliphatic heterocycles. The zero-order valence-corrected chi connectivity index (χ0v) is 11.5. The lowest BCUT2D eigenvalue weighted by atomic mass is 9.95. The molecule has 0 unspecified atom stereocenters. The van der Waals surface area contributed by atoms with Gasteiger partial charge in [0.15, 0.2) is 0 Å². The minimum Gasteiger partial charge on any atom is -0.326 e. The Bertz CT molecular complexity index is 458. The SMILES string of the molecule is CC(=O)Nc1cccc(NC(=O)C(C)(C)CCl)c1. The summed E-state index contributed by atoms with van der Waals surface area (Å²) in [6, 6.07) is 6.97. The van der Waals surface area contributed by atoms with Crippen LogP contribution in [0.3, 0.4) is 0 Å². The Hall–Kier alpha value is -1.55. The second-order valence-corrected chi connectivity index (χ2v) is 5.00. The summed E-state index contributed by atoms with van der Waals surface area (Å²) < 4.78 is 0. The molecule has 4 nitrogen and oxygen atoms in total. The van der Waals surface area contributed by atoms with Crippen LogP contribution in [0.5, 0.6) is 0 Å². The first kappa shape index (κ1) is 14.5. The van der Waals surface area contributed by atoms with E-state index in [0.29, 0.717) is 11.4 Å². The van der Waals surface area contributed by atoms with Crippen molar-refractivity contribution in [2.75, 3.05) is 16.5 Å². The number of rotatable bonds is 4. The van der Waals surface area contributed by atoms with Crippen LogP contribution < -0.4 is 10.6 Å². The molecule has 0 aliphatic carbocycles. The van der Waals surface area contributed by atoms with Gasteiger partial charge < -0.3 is 10.6 Å². The molecule has 0 heterocycles. The highest BCUT2D eigenvalue weighted by Crippen LogP contribution is 2.21. The van der Waals surface area contributed by atoms with Crippen molar-refractivity contribution in [3.05, 3.63) is 24.3 Å². The summed E-state index contributed by atoms with van der Waals surface area (Å²) in [5.74, 6) is -0.0680. The maximum Gasteiger partial charge on any atom is 0.231 e.